The number of nitrogens with one attached hydrogen (secondary N) is 1. The van der Waals surface area contributed by atoms with Crippen LogP contribution in [0.4, 0.5) is 5.00 Å². The molecule has 2 aromatic rings. The SMILES string of the molecule is COC(=O)c1c(NC(=O)CSc2nnc(C3CC3)n2C(C)C)sc2c1CCC(C)C2. The van der Waals surface area contributed by atoms with E-state index in [1.54, 1.807) is 0 Å². The Balaban J connectivity index is 1.48. The maximum Gasteiger partial charge on any atom is 0.341 e. The lowest BCUT2D eigenvalue weighted by Gasteiger charge is -2.18. The van der Waals surface area contributed by atoms with Crippen LogP contribution in [-0.4, -0.2) is 39.5 Å². The summed E-state index contributed by atoms with van der Waals surface area (Å²) in [6, 6.07) is 0.248. The van der Waals surface area contributed by atoms with Crippen LogP contribution in [0.25, 0.3) is 0 Å². The van der Waals surface area contributed by atoms with Crippen molar-refractivity contribution in [3.05, 3.63) is 21.8 Å². The normalized spacial score (nSPS) is 18.4. The van der Waals surface area contributed by atoms with Crippen LogP contribution in [0, 0.1) is 5.92 Å². The predicted molar refractivity (Wildman–Crippen MR) is 119 cm³/mol. The zero-order chi connectivity index (χ0) is 21.4. The number of aromatic nitrogens is 3. The molecule has 2 aromatic heterocycles. The van der Waals surface area contributed by atoms with Crippen molar-refractivity contribution in [2.24, 2.45) is 5.92 Å². The van der Waals surface area contributed by atoms with Gasteiger partial charge in [0.1, 0.15) is 10.8 Å². The van der Waals surface area contributed by atoms with Gasteiger partial charge in [0, 0.05) is 16.8 Å². The summed E-state index contributed by atoms with van der Waals surface area (Å²) in [6.45, 7) is 6.44. The molecule has 1 saturated carbocycles. The monoisotopic (exact) mass is 448 g/mol. The molecule has 2 aliphatic carbocycles. The van der Waals surface area contributed by atoms with Gasteiger partial charge in [0.25, 0.3) is 0 Å². The predicted octanol–water partition coefficient (Wildman–Crippen LogP) is 4.44. The third-order valence-corrected chi connectivity index (χ3v) is 7.75. The van der Waals surface area contributed by atoms with Crippen LogP contribution in [-0.2, 0) is 22.4 Å². The lowest BCUT2D eigenvalue weighted by Crippen LogP contribution is -2.17. The van der Waals surface area contributed by atoms with E-state index in [0.717, 1.165) is 48.6 Å². The number of thiophene rings is 1. The van der Waals surface area contributed by atoms with Crippen LogP contribution in [0.5, 0.6) is 0 Å². The number of esters is 1. The van der Waals surface area contributed by atoms with Gasteiger partial charge >= 0.3 is 5.97 Å². The molecule has 7 nitrogen and oxygen atoms in total. The molecule has 0 saturated heterocycles. The van der Waals surface area contributed by atoms with Crippen LogP contribution >= 0.6 is 23.1 Å². The number of amides is 1. The van der Waals surface area contributed by atoms with Gasteiger partial charge in [-0.2, -0.15) is 0 Å². The van der Waals surface area contributed by atoms with Crippen LogP contribution in [0.3, 0.4) is 0 Å². The number of hydrogen-bond acceptors (Lipinski definition) is 7. The van der Waals surface area contributed by atoms with Gasteiger partial charge in [-0.3, -0.25) is 4.79 Å². The molecule has 1 N–H and O–H groups in total. The zero-order valence-corrected chi connectivity index (χ0v) is 19.5. The summed E-state index contributed by atoms with van der Waals surface area (Å²) in [5, 5.41) is 13.0. The maximum absolute atomic E-state index is 12.7. The van der Waals surface area contributed by atoms with E-state index in [1.165, 1.54) is 35.1 Å². The minimum Gasteiger partial charge on any atom is -0.465 e. The molecular weight excluding hydrogens is 420 g/mol. The third-order valence-electron chi connectivity index (χ3n) is 5.64. The number of carbonyl (C=O) groups excluding carboxylic acids is 2. The molecule has 4 rings (SSSR count). The Morgan fingerprint density at radius 1 is 1.30 bits per heavy atom. The molecule has 0 bridgehead atoms. The van der Waals surface area contributed by atoms with Crippen molar-refractivity contribution < 1.29 is 14.3 Å². The van der Waals surface area contributed by atoms with Crippen molar-refractivity contribution in [1.29, 1.82) is 0 Å². The molecule has 162 valence electrons. The van der Waals surface area contributed by atoms with E-state index in [-0.39, 0.29) is 23.7 Å². The second-order valence-corrected chi connectivity index (χ2v) is 10.5. The molecule has 1 unspecified atom stereocenters. The topological polar surface area (TPSA) is 86.1 Å². The highest BCUT2D eigenvalue weighted by molar-refractivity contribution is 7.99. The van der Waals surface area contributed by atoms with E-state index >= 15 is 0 Å². The quantitative estimate of drug-likeness (QED) is 0.498. The van der Waals surface area contributed by atoms with Crippen molar-refractivity contribution >= 4 is 40.0 Å². The molecule has 1 atom stereocenters. The van der Waals surface area contributed by atoms with E-state index in [2.05, 4.69) is 40.9 Å². The van der Waals surface area contributed by atoms with Gasteiger partial charge in [-0.25, -0.2) is 4.79 Å². The number of ether oxygens (including phenoxy) is 1. The summed E-state index contributed by atoms with van der Waals surface area (Å²) < 4.78 is 7.14. The second-order valence-electron chi connectivity index (χ2n) is 8.46. The van der Waals surface area contributed by atoms with Crippen LogP contribution in [0.15, 0.2) is 5.16 Å². The number of anilines is 1. The zero-order valence-electron chi connectivity index (χ0n) is 17.9. The minimum absolute atomic E-state index is 0.150. The summed E-state index contributed by atoms with van der Waals surface area (Å²) in [5.74, 6) is 1.81. The molecule has 0 aromatic carbocycles. The number of methoxy groups -OCH3 is 1. The Labute approximate surface area is 185 Å². The molecule has 0 spiro atoms. The van der Waals surface area contributed by atoms with Crippen molar-refractivity contribution in [2.75, 3.05) is 18.2 Å². The van der Waals surface area contributed by atoms with Crippen molar-refractivity contribution in [1.82, 2.24) is 14.8 Å². The number of rotatable bonds is 7. The number of fused-ring (bicyclic) bond motifs is 1. The minimum atomic E-state index is -0.376. The van der Waals surface area contributed by atoms with Crippen LogP contribution in [0.2, 0.25) is 0 Å². The summed E-state index contributed by atoms with van der Waals surface area (Å²) in [5.41, 5.74) is 1.57. The number of hydrogen-bond donors (Lipinski definition) is 1. The Morgan fingerprint density at radius 3 is 2.73 bits per heavy atom. The highest BCUT2D eigenvalue weighted by atomic mass is 32.2. The van der Waals surface area contributed by atoms with Crippen LogP contribution in [0.1, 0.15) is 78.6 Å². The third kappa shape index (κ3) is 4.27. The van der Waals surface area contributed by atoms with Gasteiger partial charge in [0.05, 0.1) is 18.4 Å². The first-order valence-electron chi connectivity index (χ1n) is 10.5. The fourth-order valence-corrected chi connectivity index (χ4v) is 6.23. The average molecular weight is 449 g/mol. The fraction of sp³-hybridized carbons (Fsp3) is 0.619. The summed E-state index contributed by atoms with van der Waals surface area (Å²) in [4.78, 5) is 26.3. The van der Waals surface area contributed by atoms with E-state index in [1.807, 2.05) is 0 Å². The lowest BCUT2D eigenvalue weighted by molar-refractivity contribution is -0.113. The first-order chi connectivity index (χ1) is 14.4. The summed E-state index contributed by atoms with van der Waals surface area (Å²) in [7, 11) is 1.38. The lowest BCUT2D eigenvalue weighted by atomic mass is 9.88. The average Bonchev–Trinajstić information content (AvgIpc) is 3.36. The van der Waals surface area contributed by atoms with Gasteiger partial charge in [0.15, 0.2) is 5.16 Å². The van der Waals surface area contributed by atoms with E-state index in [9.17, 15) is 9.59 Å². The first-order valence-corrected chi connectivity index (χ1v) is 12.3. The standard InChI is InChI=1S/C21H28N4O3S2/c1-11(2)25-18(13-6-7-13)23-24-21(25)29-10-16(26)22-19-17(20(27)28-4)14-8-5-12(3)9-15(14)30-19/h11-13H,5-10H2,1-4H3,(H,22,26). The fourth-order valence-electron chi connectivity index (χ4n) is 3.94. The largest absolute Gasteiger partial charge is 0.465 e. The van der Waals surface area contributed by atoms with Gasteiger partial charge in [-0.15, -0.1) is 21.5 Å². The molecule has 0 radical (unpaired) electrons. The molecule has 30 heavy (non-hydrogen) atoms. The van der Waals surface area contributed by atoms with Crippen LogP contribution < -0.4 is 5.32 Å². The molecule has 9 heteroatoms. The molecule has 1 fully saturated rings. The van der Waals surface area contributed by atoms with Crippen molar-refractivity contribution in [2.45, 2.75) is 70.0 Å². The Morgan fingerprint density at radius 2 is 2.07 bits per heavy atom. The first kappa shape index (κ1) is 21.4. The number of carbonyl (C=O) groups is 2. The summed E-state index contributed by atoms with van der Waals surface area (Å²) >= 11 is 2.90. The molecule has 2 aliphatic rings. The highest BCUT2D eigenvalue weighted by Gasteiger charge is 2.32. The van der Waals surface area contributed by atoms with Gasteiger partial charge < -0.3 is 14.6 Å². The van der Waals surface area contributed by atoms with Gasteiger partial charge in [0.2, 0.25) is 5.91 Å². The molecule has 0 aliphatic heterocycles. The number of nitrogens with zero attached hydrogens (tertiary/aromatic N) is 3. The number of thioether (sulfide) groups is 1. The second kappa shape index (κ2) is 8.70. The Bertz CT molecular complexity index is 962. The smallest absolute Gasteiger partial charge is 0.341 e. The van der Waals surface area contributed by atoms with Gasteiger partial charge in [-0.05, 0) is 57.4 Å². The summed E-state index contributed by atoms with van der Waals surface area (Å²) in [6.07, 6.45) is 5.16. The van der Waals surface area contributed by atoms with Crippen molar-refractivity contribution in [3.63, 3.8) is 0 Å². The van der Waals surface area contributed by atoms with Crippen molar-refractivity contribution in [3.8, 4) is 0 Å². The van der Waals surface area contributed by atoms with E-state index in [0.29, 0.717) is 22.4 Å². The van der Waals surface area contributed by atoms with E-state index < -0.39 is 0 Å². The highest BCUT2D eigenvalue weighted by Crippen LogP contribution is 2.42. The Kier molecular flexibility index (Phi) is 6.20. The molecule has 1 amide bonds. The Hall–Kier alpha value is -1.87. The maximum atomic E-state index is 12.7. The molecular formula is C21H28N4O3S2. The van der Waals surface area contributed by atoms with Gasteiger partial charge in [-0.1, -0.05) is 18.7 Å². The van der Waals surface area contributed by atoms with E-state index in [4.69, 9.17) is 4.74 Å². The molecule has 2 heterocycles.